The van der Waals surface area contributed by atoms with Gasteiger partial charge in [0, 0.05) is 56.3 Å². The van der Waals surface area contributed by atoms with Crippen LogP contribution in [0.15, 0.2) is 53.4 Å². The summed E-state index contributed by atoms with van der Waals surface area (Å²) in [6, 6.07) is 14.3. The number of nitrogens with zero attached hydrogens (tertiary/aromatic N) is 5. The number of aryl methyl sites for hydroxylation is 1. The number of fused-ring (bicyclic) bond motifs is 1. The molecule has 232 valence electrons. The van der Waals surface area contributed by atoms with Crippen LogP contribution in [0.25, 0.3) is 16.5 Å². The van der Waals surface area contributed by atoms with Crippen LogP contribution in [-0.4, -0.2) is 80.9 Å². The monoisotopic (exact) mass is 635 g/mol. The number of carbonyl (C=O) groups is 1. The molecule has 1 aromatic heterocycles. The molecule has 4 heterocycles. The molecule has 3 aliphatic rings. The molecule has 3 aromatic rings. The van der Waals surface area contributed by atoms with Gasteiger partial charge in [-0.15, -0.1) is 0 Å². The summed E-state index contributed by atoms with van der Waals surface area (Å²) in [5.74, 6) is 0.193. The molecule has 0 spiro atoms. The van der Waals surface area contributed by atoms with E-state index in [-0.39, 0.29) is 35.5 Å². The lowest BCUT2D eigenvalue weighted by molar-refractivity contribution is -0.135. The zero-order valence-corrected chi connectivity index (χ0v) is 26.7. The van der Waals surface area contributed by atoms with Crippen LogP contribution in [0.2, 0.25) is 0 Å². The quantitative estimate of drug-likeness (QED) is 0.400. The van der Waals surface area contributed by atoms with Crippen LogP contribution in [0, 0.1) is 18.3 Å². The van der Waals surface area contributed by atoms with E-state index >= 15 is 0 Å². The van der Waals surface area contributed by atoms with Crippen LogP contribution in [0.3, 0.4) is 0 Å². The Labute approximate surface area is 259 Å². The van der Waals surface area contributed by atoms with Gasteiger partial charge in [0.15, 0.2) is 0 Å². The van der Waals surface area contributed by atoms with E-state index in [4.69, 9.17) is 0 Å². The molecule has 2 saturated heterocycles. The Morgan fingerprint density at radius 2 is 1.70 bits per heavy atom. The van der Waals surface area contributed by atoms with Gasteiger partial charge in [-0.05, 0) is 74.9 Å². The molecule has 3 aliphatic heterocycles. The van der Waals surface area contributed by atoms with Gasteiger partial charge in [-0.25, -0.2) is 20.8 Å². The number of anilines is 1. The SMILES string of the molecule is Cc1ccc(S(=O)(=O)n2c(C3=CCN(S(C)(=O)=O)CC3)cc3c(N4CCC[C@@H](N5CCCCC5=O)C4)ccc(C#N)c32)cc1. The molecule has 0 N–H and O–H groups in total. The van der Waals surface area contributed by atoms with Gasteiger partial charge in [0.05, 0.1) is 27.9 Å². The molecule has 0 saturated carbocycles. The average Bonchev–Trinajstić information content (AvgIpc) is 3.43. The van der Waals surface area contributed by atoms with Crippen molar-refractivity contribution in [1.82, 2.24) is 13.2 Å². The minimum atomic E-state index is -4.15. The normalized spacial score (nSPS) is 20.5. The number of sulfonamides is 1. The molecule has 0 radical (unpaired) electrons. The number of benzene rings is 2. The Kier molecular flexibility index (Phi) is 8.07. The van der Waals surface area contributed by atoms with E-state index in [9.17, 15) is 26.9 Å². The van der Waals surface area contributed by atoms with Crippen molar-refractivity contribution >= 4 is 48.1 Å². The summed E-state index contributed by atoms with van der Waals surface area (Å²) < 4.78 is 55.9. The van der Waals surface area contributed by atoms with Crippen molar-refractivity contribution in [2.45, 2.75) is 56.4 Å². The Balaban J connectivity index is 1.52. The van der Waals surface area contributed by atoms with Crippen molar-refractivity contribution in [3.05, 3.63) is 65.4 Å². The third-order valence-electron chi connectivity index (χ3n) is 9.08. The fourth-order valence-electron chi connectivity index (χ4n) is 6.75. The van der Waals surface area contributed by atoms with Crippen LogP contribution in [0.4, 0.5) is 5.69 Å². The minimum Gasteiger partial charge on any atom is -0.369 e. The fourth-order valence-corrected chi connectivity index (χ4v) is 9.08. The van der Waals surface area contributed by atoms with Crippen molar-refractivity contribution in [2.75, 3.05) is 43.9 Å². The molecule has 6 rings (SSSR count). The van der Waals surface area contributed by atoms with Crippen molar-refractivity contribution in [3.63, 3.8) is 0 Å². The standard InChI is InChI=1S/C32H37N5O5S2/c1-23-8-11-27(12-9-23)44(41,42)37-30(24-14-18-35(19-15-24)43(2,39)40)20-28-29(13-10-25(21-33)32(28)37)34-16-5-6-26(22-34)36-17-4-3-7-31(36)38/h8-14,20,26H,3-7,15-19,22H2,1-2H3/t26-/m1/s1. The summed E-state index contributed by atoms with van der Waals surface area (Å²) in [5, 5.41) is 10.9. The zero-order chi connectivity index (χ0) is 31.2. The smallest absolute Gasteiger partial charge is 0.268 e. The van der Waals surface area contributed by atoms with Crippen molar-refractivity contribution < 1.29 is 21.6 Å². The molecule has 1 atom stereocenters. The highest BCUT2D eigenvalue weighted by molar-refractivity contribution is 7.90. The molecule has 1 amide bonds. The van der Waals surface area contributed by atoms with E-state index in [0.717, 1.165) is 50.0 Å². The Bertz CT molecular complexity index is 1910. The number of hydrogen-bond donors (Lipinski definition) is 0. The van der Waals surface area contributed by atoms with Crippen LogP contribution < -0.4 is 4.90 Å². The van der Waals surface area contributed by atoms with E-state index < -0.39 is 20.0 Å². The molecule has 0 aliphatic carbocycles. The Morgan fingerprint density at radius 1 is 0.932 bits per heavy atom. The highest BCUT2D eigenvalue weighted by Crippen LogP contribution is 2.40. The third kappa shape index (κ3) is 5.53. The highest BCUT2D eigenvalue weighted by Gasteiger charge is 2.33. The number of hydrogen-bond acceptors (Lipinski definition) is 7. The lowest BCUT2D eigenvalue weighted by Gasteiger charge is -2.42. The third-order valence-corrected chi connectivity index (χ3v) is 12.1. The van der Waals surface area contributed by atoms with Gasteiger partial charge in [0.25, 0.3) is 10.0 Å². The number of carbonyl (C=O) groups excluding carboxylic acids is 1. The average molecular weight is 636 g/mol. The lowest BCUT2D eigenvalue weighted by Crippen LogP contribution is -2.51. The van der Waals surface area contributed by atoms with E-state index in [1.165, 1.54) is 14.5 Å². The first-order chi connectivity index (χ1) is 21.0. The van der Waals surface area contributed by atoms with E-state index in [0.29, 0.717) is 41.6 Å². The second kappa shape index (κ2) is 11.7. The van der Waals surface area contributed by atoms with Gasteiger partial charge in [0.1, 0.15) is 6.07 Å². The molecular formula is C32H37N5O5S2. The first-order valence-corrected chi connectivity index (χ1v) is 18.4. The van der Waals surface area contributed by atoms with Gasteiger partial charge in [0.2, 0.25) is 15.9 Å². The van der Waals surface area contributed by atoms with Crippen LogP contribution in [0.1, 0.15) is 55.3 Å². The Morgan fingerprint density at radius 3 is 2.36 bits per heavy atom. The lowest BCUT2D eigenvalue weighted by atomic mass is 9.99. The van der Waals surface area contributed by atoms with Gasteiger partial charge in [-0.2, -0.15) is 9.57 Å². The number of nitriles is 1. The summed E-state index contributed by atoms with van der Waals surface area (Å²) in [7, 11) is -7.56. The number of rotatable bonds is 6. The largest absolute Gasteiger partial charge is 0.369 e. The first-order valence-electron chi connectivity index (χ1n) is 15.1. The van der Waals surface area contributed by atoms with E-state index in [1.54, 1.807) is 36.4 Å². The number of piperidine rings is 2. The van der Waals surface area contributed by atoms with Gasteiger partial charge in [-0.1, -0.05) is 23.8 Å². The highest BCUT2D eigenvalue weighted by atomic mass is 32.2. The summed E-state index contributed by atoms with van der Waals surface area (Å²) in [4.78, 5) is 17.1. The summed E-state index contributed by atoms with van der Waals surface area (Å²) in [6.07, 6.45) is 7.56. The predicted molar refractivity (Wildman–Crippen MR) is 170 cm³/mol. The summed E-state index contributed by atoms with van der Waals surface area (Å²) >= 11 is 0. The molecule has 12 heteroatoms. The fraction of sp³-hybridized carbons (Fsp3) is 0.438. The van der Waals surface area contributed by atoms with Crippen molar-refractivity contribution in [2.24, 2.45) is 0 Å². The first kappa shape index (κ1) is 30.4. The van der Waals surface area contributed by atoms with Crippen molar-refractivity contribution in [1.29, 1.82) is 5.26 Å². The number of amides is 1. The number of likely N-dealkylation sites (tertiary alicyclic amines) is 1. The van der Waals surface area contributed by atoms with E-state index in [2.05, 4.69) is 11.0 Å². The van der Waals surface area contributed by atoms with Crippen molar-refractivity contribution in [3.8, 4) is 6.07 Å². The molecule has 10 nitrogen and oxygen atoms in total. The summed E-state index contributed by atoms with van der Waals surface area (Å²) in [6.45, 7) is 4.38. The van der Waals surface area contributed by atoms with E-state index in [1.807, 2.05) is 24.0 Å². The summed E-state index contributed by atoms with van der Waals surface area (Å²) in [5.41, 5.74) is 3.42. The molecule has 0 unspecified atom stereocenters. The molecule has 2 fully saturated rings. The topological polar surface area (TPSA) is 124 Å². The molecular weight excluding hydrogens is 599 g/mol. The zero-order valence-electron chi connectivity index (χ0n) is 25.1. The van der Waals surface area contributed by atoms with Gasteiger partial charge < -0.3 is 9.80 Å². The van der Waals surface area contributed by atoms with Gasteiger partial charge >= 0.3 is 0 Å². The Hall–Kier alpha value is -3.66. The molecule has 0 bridgehead atoms. The maximum atomic E-state index is 14.4. The molecule has 44 heavy (non-hydrogen) atoms. The second-order valence-corrected chi connectivity index (χ2v) is 15.8. The van der Waals surface area contributed by atoms with Crippen LogP contribution in [0.5, 0.6) is 0 Å². The minimum absolute atomic E-state index is 0.0723. The predicted octanol–water partition coefficient (Wildman–Crippen LogP) is 4.09. The molecule has 2 aromatic carbocycles. The maximum absolute atomic E-state index is 14.4. The van der Waals surface area contributed by atoms with Gasteiger partial charge in [-0.3, -0.25) is 4.79 Å². The van der Waals surface area contributed by atoms with Crippen LogP contribution in [-0.2, 0) is 24.8 Å². The second-order valence-electron chi connectivity index (χ2n) is 12.0. The number of aromatic nitrogens is 1. The van der Waals surface area contributed by atoms with Crippen LogP contribution >= 0.6 is 0 Å². The maximum Gasteiger partial charge on any atom is 0.268 e.